The van der Waals surface area contributed by atoms with E-state index in [4.69, 9.17) is 35.0 Å². The zero-order valence-corrected chi connectivity index (χ0v) is 35.8. The molecule has 3 fully saturated rings. The average molecular weight is 946 g/mol. The fourth-order valence-corrected chi connectivity index (χ4v) is 9.99. The van der Waals surface area contributed by atoms with Crippen molar-refractivity contribution < 1.29 is 83.1 Å². The van der Waals surface area contributed by atoms with Crippen molar-refractivity contribution in [2.24, 2.45) is 0 Å². The molecule has 2 aliphatic heterocycles. The third-order valence-corrected chi connectivity index (χ3v) is 13.0. The van der Waals surface area contributed by atoms with Gasteiger partial charge in [0.2, 0.25) is 17.3 Å². The Labute approximate surface area is 378 Å². The van der Waals surface area contributed by atoms with E-state index in [1.807, 2.05) is 0 Å². The second kappa shape index (κ2) is 16.5. The summed E-state index contributed by atoms with van der Waals surface area (Å²) in [5.74, 6) is -6.08. The number of Topliss-reactive ketones (excluding diaryl/α,β-unsaturated/α-hetero) is 1. The molecule has 10 atom stereocenters. The monoisotopic (exact) mass is 945 g/mol. The first-order valence-corrected chi connectivity index (χ1v) is 20.8. The molecule has 3 heterocycles. The van der Waals surface area contributed by atoms with E-state index in [9.17, 15) is 64.5 Å². The van der Waals surface area contributed by atoms with Crippen molar-refractivity contribution in [2.45, 2.75) is 99.1 Å². The highest BCUT2D eigenvalue weighted by molar-refractivity contribution is 6.36. The smallest absolute Gasteiger partial charge is 0.364 e. The van der Waals surface area contributed by atoms with Crippen LogP contribution in [0.15, 0.2) is 93.7 Å². The minimum Gasteiger partial charge on any atom is -0.507 e. The Balaban J connectivity index is 0.943. The number of allylic oxidation sites excluding steroid dienone is 6. The Bertz CT molecular complexity index is 2840. The number of carbonyl (C=O) groups excluding carboxylic acids is 5. The van der Waals surface area contributed by atoms with Crippen LogP contribution in [0.5, 0.6) is 17.2 Å². The van der Waals surface area contributed by atoms with Gasteiger partial charge in [0.05, 0.1) is 23.7 Å². The summed E-state index contributed by atoms with van der Waals surface area (Å²) in [5.41, 5.74) is -12.3. The van der Waals surface area contributed by atoms with Gasteiger partial charge in [0, 0.05) is 55.0 Å². The molecule has 5 aliphatic rings. The lowest BCUT2D eigenvalue weighted by molar-refractivity contribution is -0.210. The van der Waals surface area contributed by atoms with Gasteiger partial charge in [-0.25, -0.2) is 9.59 Å². The molecule has 6 unspecified atom stereocenters. The van der Waals surface area contributed by atoms with Gasteiger partial charge in [0.1, 0.15) is 34.3 Å². The molecule has 0 bridgehead atoms. The van der Waals surface area contributed by atoms with Gasteiger partial charge >= 0.3 is 17.6 Å². The number of phenols is 2. The van der Waals surface area contributed by atoms with Crippen molar-refractivity contribution in [3.8, 4) is 17.2 Å². The molecule has 19 nitrogen and oxygen atoms in total. The number of rotatable bonds is 9. The number of anilines is 1. The molecule has 346 valence electrons. The van der Waals surface area contributed by atoms with Gasteiger partial charge in [-0.1, -0.05) is 65.8 Å². The molecule has 1 amide bonds. The number of amides is 1. The number of carbonyl (C=O) groups is 5. The molecule has 0 radical (unpaired) electrons. The molecule has 8 N–H and O–H groups in total. The van der Waals surface area contributed by atoms with E-state index in [0.29, 0.717) is 5.57 Å². The summed E-state index contributed by atoms with van der Waals surface area (Å²) in [5, 5.41) is 80.8. The summed E-state index contributed by atoms with van der Waals surface area (Å²) < 4.78 is 28.2. The molecule has 2 saturated heterocycles. The van der Waals surface area contributed by atoms with Gasteiger partial charge in [-0.15, -0.1) is 0 Å². The molecule has 1 saturated carbocycles. The van der Waals surface area contributed by atoms with Crippen molar-refractivity contribution in [2.75, 3.05) is 5.32 Å². The lowest BCUT2D eigenvalue weighted by atomic mass is 9.76. The number of benzene rings is 2. The van der Waals surface area contributed by atoms with Crippen LogP contribution >= 0.6 is 11.6 Å². The number of aromatic hydroxyl groups is 3. The molecule has 20 heteroatoms. The quantitative estimate of drug-likeness (QED) is 0.0382. The number of esters is 2. The molecular formula is C46H42ClNO18. The van der Waals surface area contributed by atoms with Gasteiger partial charge < -0.3 is 64.4 Å². The second-order valence-electron chi connectivity index (χ2n) is 16.7. The highest BCUT2D eigenvalue weighted by Crippen LogP contribution is 2.74. The van der Waals surface area contributed by atoms with Crippen LogP contribution in [-0.4, -0.2) is 112 Å². The lowest BCUT2D eigenvalue weighted by Crippen LogP contribution is -2.78. The molecule has 2 aromatic carbocycles. The maximum Gasteiger partial charge on any atom is 0.364 e. The first kappa shape index (κ1) is 46.1. The highest BCUT2D eigenvalue weighted by Gasteiger charge is 2.96. The predicted octanol–water partition coefficient (Wildman–Crippen LogP) is 3.00. The normalized spacial score (nSPS) is 32.5. The summed E-state index contributed by atoms with van der Waals surface area (Å²) in [6.07, 6.45) is 2.51. The summed E-state index contributed by atoms with van der Waals surface area (Å²) in [6.45, 7) is 4.23. The summed E-state index contributed by atoms with van der Waals surface area (Å²) in [7, 11) is 0. The number of fused-ring (bicyclic) bond motifs is 3. The van der Waals surface area contributed by atoms with E-state index >= 15 is 0 Å². The molecule has 8 rings (SSSR count). The zero-order valence-electron chi connectivity index (χ0n) is 35.1. The number of aliphatic hydroxyl groups is 4. The predicted molar refractivity (Wildman–Crippen MR) is 227 cm³/mol. The molecule has 0 spiro atoms. The molecule has 3 aliphatic carbocycles. The Morgan fingerprint density at radius 2 is 1.61 bits per heavy atom. The number of halogens is 1. The number of ether oxygens (including phenoxy) is 4. The van der Waals surface area contributed by atoms with Crippen molar-refractivity contribution in [3.05, 3.63) is 117 Å². The van der Waals surface area contributed by atoms with Gasteiger partial charge in [-0.05, 0) is 32.1 Å². The minimum atomic E-state index is -2.88. The zero-order chi connectivity index (χ0) is 47.8. The summed E-state index contributed by atoms with van der Waals surface area (Å²) in [4.78, 5) is 77.7. The molecular weight excluding hydrogens is 904 g/mol. The maximum absolute atomic E-state index is 14.4. The van der Waals surface area contributed by atoms with Crippen LogP contribution in [0.1, 0.15) is 73.7 Å². The number of epoxide rings is 1. The Morgan fingerprint density at radius 3 is 2.30 bits per heavy atom. The van der Waals surface area contributed by atoms with Gasteiger partial charge in [0.15, 0.2) is 40.1 Å². The van der Waals surface area contributed by atoms with E-state index in [2.05, 4.69) is 5.32 Å². The van der Waals surface area contributed by atoms with E-state index in [-0.39, 0.29) is 51.3 Å². The first-order chi connectivity index (χ1) is 31.1. The summed E-state index contributed by atoms with van der Waals surface area (Å²) >= 11 is 5.94. The van der Waals surface area contributed by atoms with Crippen LogP contribution in [0.3, 0.4) is 0 Å². The van der Waals surface area contributed by atoms with Crippen molar-refractivity contribution >= 4 is 57.7 Å². The number of aliphatic hydroxyl groups excluding tert-OH is 2. The van der Waals surface area contributed by atoms with Crippen molar-refractivity contribution in [1.82, 2.24) is 0 Å². The summed E-state index contributed by atoms with van der Waals surface area (Å²) in [6, 6.07) is 4.95. The Hall–Kier alpha value is -6.45. The molecule has 1 aromatic heterocycles. The van der Waals surface area contributed by atoms with Gasteiger partial charge in [-0.3, -0.25) is 19.2 Å². The largest absolute Gasteiger partial charge is 0.507 e. The topological polar surface area (TPSA) is 309 Å². The van der Waals surface area contributed by atoms with E-state index in [1.54, 1.807) is 6.92 Å². The van der Waals surface area contributed by atoms with Crippen LogP contribution in [-0.2, 0) is 38.1 Å². The standard InChI is InChI=1S/C46H42ClNO18/c1-20-16-29(51)45(61)43(60,18-20)19-30(52)44-41(58)33-24(40(57)46(44,45)66-44)13-12-23(36(33)55)27-17-28(38(21(2)62-27)63-22(3)49)64-32(54)11-9-7-5-4-6-8-10-31(53)48-35-37(56)25-14-15-26(50)34(47)39(25)65-42(35)59/h4-16,21,27-28,30,38,41,50,52,55-56,58,60-61H,17-19H2,1-3H3,(H,48,53)/b6-4+,7-5+,10-8+,11-9+/t21-,27-,28-,30?,38-,41?,43?,44?,45?,46?/m1/s1/i5+1,6+1,9+1,10+1,12+1,20+1,22+1,24+1,29+1,30+1,32+1,36+1,41+1,43+1. The first-order valence-electron chi connectivity index (χ1n) is 20.5. The van der Waals surface area contributed by atoms with Gasteiger partial charge in [-0.2, -0.15) is 0 Å². The van der Waals surface area contributed by atoms with Crippen LogP contribution < -0.4 is 10.9 Å². The number of ketones is 2. The van der Waals surface area contributed by atoms with Gasteiger partial charge in [0.25, 0.3) is 0 Å². The van der Waals surface area contributed by atoms with Crippen LogP contribution in [0, 0.1) is 0 Å². The second-order valence-corrected chi connectivity index (χ2v) is 17.1. The van der Waals surface area contributed by atoms with Crippen LogP contribution in [0.2, 0.25) is 5.02 Å². The third kappa shape index (κ3) is 6.88. The number of phenolic OH excluding ortho intramolecular Hbond substituents is 2. The molecule has 3 aromatic rings. The minimum absolute atomic E-state index is 0.00805. The number of hydrogen-bond acceptors (Lipinski definition) is 18. The fraction of sp³-hybridized carbons (Fsp3) is 0.348. The third-order valence-electron chi connectivity index (χ3n) is 12.7. The van der Waals surface area contributed by atoms with Crippen LogP contribution in [0.25, 0.3) is 11.0 Å². The number of nitrogens with one attached hydrogen (secondary N) is 1. The average Bonchev–Trinajstić information content (AvgIpc) is 3.98. The Kier molecular flexibility index (Phi) is 11.5. The van der Waals surface area contributed by atoms with E-state index in [1.165, 1.54) is 67.6 Å². The van der Waals surface area contributed by atoms with E-state index < -0.39 is 118 Å². The SMILES string of the molecule is C[C@H]1O[C@@H](c2[13cH]c[13c]3c([13c]2O)[13CH](O)C24OC2(C3=O)C2(O)[13C](=O)C=[13C](C)C[13C]2(O)C[13CH]4O)C[C@@H](O[13C](=O)/C=[13CH]/C=[13CH]/C=[13CH]/C=[13CH]/C(=O)Nc2c(O)c3ccc(O)c(Cl)c3oc2=O)[C@@H]1O[13C](C)=O. The Morgan fingerprint density at radius 1 is 0.924 bits per heavy atom. The van der Waals surface area contributed by atoms with Crippen molar-refractivity contribution in [3.63, 3.8) is 0 Å². The van der Waals surface area contributed by atoms with Crippen molar-refractivity contribution in [1.29, 1.82) is 0 Å². The van der Waals surface area contributed by atoms with E-state index in [0.717, 1.165) is 25.2 Å². The lowest BCUT2D eigenvalue weighted by Gasteiger charge is -2.54. The molecule has 66 heavy (non-hydrogen) atoms. The number of hydrogen-bond donors (Lipinski definition) is 8. The highest BCUT2D eigenvalue weighted by atomic mass is 35.5. The maximum atomic E-state index is 14.4. The van der Waals surface area contributed by atoms with Crippen LogP contribution in [0.4, 0.5) is 5.69 Å². The fourth-order valence-electron chi connectivity index (χ4n) is 9.78.